The molecule has 0 saturated carbocycles. The van der Waals surface area contributed by atoms with Gasteiger partial charge in [0.25, 0.3) is 5.91 Å². The van der Waals surface area contributed by atoms with Crippen molar-refractivity contribution in [2.45, 2.75) is 27.7 Å². The van der Waals surface area contributed by atoms with E-state index in [1.165, 1.54) is 6.07 Å². The van der Waals surface area contributed by atoms with E-state index >= 15 is 0 Å². The first kappa shape index (κ1) is 18.1. The zero-order valence-electron chi connectivity index (χ0n) is 14.4. The van der Waals surface area contributed by atoms with E-state index in [-0.39, 0.29) is 29.9 Å². The fourth-order valence-corrected chi connectivity index (χ4v) is 1.97. The summed E-state index contributed by atoms with van der Waals surface area (Å²) in [5.74, 6) is -0.652. The Morgan fingerprint density at radius 3 is 2.58 bits per heavy atom. The fraction of sp³-hybridized carbons (Fsp3) is 0.471. The predicted molar refractivity (Wildman–Crippen MR) is 87.5 cm³/mol. The highest BCUT2D eigenvalue weighted by Gasteiger charge is 2.29. The van der Waals surface area contributed by atoms with E-state index in [1.807, 2.05) is 6.92 Å². The number of benzene rings is 1. The van der Waals surface area contributed by atoms with Crippen LogP contribution in [0.2, 0.25) is 0 Å². The monoisotopic (exact) mass is 335 g/mol. The predicted octanol–water partition coefficient (Wildman–Crippen LogP) is 3.19. The lowest BCUT2D eigenvalue weighted by molar-refractivity contribution is 0.0746. The van der Waals surface area contributed by atoms with Gasteiger partial charge >= 0.3 is 6.01 Å². The molecular formula is C17H22FN3O3. The number of hydrogen-bond acceptors (Lipinski definition) is 5. The van der Waals surface area contributed by atoms with E-state index in [0.29, 0.717) is 13.2 Å². The summed E-state index contributed by atoms with van der Waals surface area (Å²) in [6.45, 7) is 8.37. The minimum absolute atomic E-state index is 0.0190. The molecule has 0 saturated heterocycles. The van der Waals surface area contributed by atoms with Crippen LogP contribution in [0, 0.1) is 11.2 Å². The molecule has 1 aromatic carbocycles. The second kappa shape index (κ2) is 7.53. The van der Waals surface area contributed by atoms with E-state index in [1.54, 1.807) is 39.0 Å². The first-order valence-electron chi connectivity index (χ1n) is 7.82. The van der Waals surface area contributed by atoms with Crippen LogP contribution in [-0.4, -0.2) is 40.5 Å². The number of hydrogen-bond donors (Lipinski definition) is 0. The van der Waals surface area contributed by atoms with Gasteiger partial charge in [-0.25, -0.2) is 4.39 Å². The topological polar surface area (TPSA) is 66.2 Å². The molecule has 7 heteroatoms. The van der Waals surface area contributed by atoms with Crippen molar-refractivity contribution < 1.29 is 18.7 Å². The van der Waals surface area contributed by atoms with Gasteiger partial charge in [-0.1, -0.05) is 32.9 Å². The quantitative estimate of drug-likeness (QED) is 0.759. The average molecular weight is 335 g/mol. The SMILES string of the molecule is CCOCCOc1nc(-c2ccccc2F)n(C(=O)C(C)(C)C)n1. The lowest BCUT2D eigenvalue weighted by atomic mass is 9.95. The van der Waals surface area contributed by atoms with Crippen molar-refractivity contribution in [1.82, 2.24) is 14.8 Å². The summed E-state index contributed by atoms with van der Waals surface area (Å²) in [5.41, 5.74) is -0.502. The molecule has 24 heavy (non-hydrogen) atoms. The molecular weight excluding hydrogens is 313 g/mol. The summed E-state index contributed by atoms with van der Waals surface area (Å²) in [7, 11) is 0. The van der Waals surface area contributed by atoms with Crippen LogP contribution in [0.25, 0.3) is 11.4 Å². The molecule has 0 radical (unpaired) electrons. The van der Waals surface area contributed by atoms with Gasteiger partial charge < -0.3 is 9.47 Å². The number of carbonyl (C=O) groups excluding carboxylic acids is 1. The van der Waals surface area contributed by atoms with Gasteiger partial charge in [0.2, 0.25) is 0 Å². The van der Waals surface area contributed by atoms with Gasteiger partial charge in [0.1, 0.15) is 12.4 Å². The van der Waals surface area contributed by atoms with Crippen molar-refractivity contribution in [1.29, 1.82) is 0 Å². The third-order valence-electron chi connectivity index (χ3n) is 3.20. The molecule has 0 aliphatic carbocycles. The van der Waals surface area contributed by atoms with Gasteiger partial charge in [0, 0.05) is 12.0 Å². The molecule has 0 atom stereocenters. The molecule has 130 valence electrons. The van der Waals surface area contributed by atoms with E-state index in [0.717, 1.165) is 4.68 Å². The maximum Gasteiger partial charge on any atom is 0.336 e. The molecule has 0 amide bonds. The van der Waals surface area contributed by atoms with Crippen LogP contribution in [0.3, 0.4) is 0 Å². The molecule has 0 bridgehead atoms. The van der Waals surface area contributed by atoms with Gasteiger partial charge in [-0.2, -0.15) is 9.67 Å². The van der Waals surface area contributed by atoms with Crippen molar-refractivity contribution >= 4 is 5.91 Å². The lowest BCUT2D eigenvalue weighted by Gasteiger charge is -2.16. The summed E-state index contributed by atoms with van der Waals surface area (Å²) < 4.78 is 25.8. The zero-order valence-corrected chi connectivity index (χ0v) is 14.4. The van der Waals surface area contributed by atoms with Crippen LogP contribution in [0.5, 0.6) is 6.01 Å². The molecule has 0 fully saturated rings. The Balaban J connectivity index is 2.38. The molecule has 0 aliphatic heterocycles. The van der Waals surface area contributed by atoms with Crippen molar-refractivity contribution in [2.75, 3.05) is 19.8 Å². The van der Waals surface area contributed by atoms with Gasteiger partial charge in [0.15, 0.2) is 5.82 Å². The van der Waals surface area contributed by atoms with Crippen LogP contribution in [0.1, 0.15) is 32.5 Å². The van der Waals surface area contributed by atoms with Gasteiger partial charge in [-0.05, 0) is 19.1 Å². The van der Waals surface area contributed by atoms with Crippen LogP contribution >= 0.6 is 0 Å². The summed E-state index contributed by atoms with van der Waals surface area (Å²) in [4.78, 5) is 16.8. The van der Waals surface area contributed by atoms with Crippen LogP contribution in [-0.2, 0) is 4.74 Å². The maximum atomic E-state index is 14.1. The molecule has 1 heterocycles. The third-order valence-corrected chi connectivity index (χ3v) is 3.20. The van der Waals surface area contributed by atoms with Gasteiger partial charge in [0.05, 0.1) is 12.2 Å². The number of carbonyl (C=O) groups is 1. The highest BCUT2D eigenvalue weighted by molar-refractivity contribution is 5.86. The molecule has 1 aromatic heterocycles. The largest absolute Gasteiger partial charge is 0.460 e. The Morgan fingerprint density at radius 1 is 1.25 bits per heavy atom. The molecule has 0 N–H and O–H groups in total. The summed E-state index contributed by atoms with van der Waals surface area (Å²) >= 11 is 0. The number of rotatable bonds is 6. The number of nitrogens with zero attached hydrogens (tertiary/aromatic N) is 3. The van der Waals surface area contributed by atoms with Crippen molar-refractivity contribution in [2.24, 2.45) is 5.41 Å². The van der Waals surface area contributed by atoms with Crippen molar-refractivity contribution in [3.63, 3.8) is 0 Å². The Bertz CT molecular complexity index is 707. The van der Waals surface area contributed by atoms with E-state index in [9.17, 15) is 9.18 Å². The average Bonchev–Trinajstić information content (AvgIpc) is 2.94. The number of ether oxygens (including phenoxy) is 2. The fourth-order valence-electron chi connectivity index (χ4n) is 1.97. The molecule has 0 unspecified atom stereocenters. The summed E-state index contributed by atoms with van der Waals surface area (Å²) in [6, 6.07) is 6.13. The third kappa shape index (κ3) is 4.17. The second-order valence-electron chi connectivity index (χ2n) is 6.21. The highest BCUT2D eigenvalue weighted by atomic mass is 19.1. The normalized spacial score (nSPS) is 11.5. The summed E-state index contributed by atoms with van der Waals surface area (Å²) in [5, 5.41) is 4.10. The molecule has 2 rings (SSSR count). The smallest absolute Gasteiger partial charge is 0.336 e. The maximum absolute atomic E-state index is 14.1. The standard InChI is InChI=1S/C17H22FN3O3/c1-5-23-10-11-24-16-19-14(12-8-6-7-9-13(12)18)21(20-16)15(22)17(2,3)4/h6-9H,5,10-11H2,1-4H3. The molecule has 2 aromatic rings. The van der Waals surface area contributed by atoms with Gasteiger partial charge in [-0.15, -0.1) is 5.10 Å². The van der Waals surface area contributed by atoms with E-state index in [4.69, 9.17) is 9.47 Å². The zero-order chi connectivity index (χ0) is 17.7. The second-order valence-corrected chi connectivity index (χ2v) is 6.21. The Morgan fingerprint density at radius 2 is 1.96 bits per heavy atom. The Labute approximate surface area is 140 Å². The first-order chi connectivity index (χ1) is 11.3. The highest BCUT2D eigenvalue weighted by Crippen LogP contribution is 2.26. The Kier molecular flexibility index (Phi) is 5.66. The summed E-state index contributed by atoms with van der Waals surface area (Å²) in [6.07, 6.45) is 0. The Hall–Kier alpha value is -2.28. The molecule has 6 nitrogen and oxygen atoms in total. The number of aromatic nitrogens is 3. The van der Waals surface area contributed by atoms with Gasteiger partial charge in [-0.3, -0.25) is 4.79 Å². The minimum atomic E-state index is -0.698. The first-order valence-corrected chi connectivity index (χ1v) is 7.82. The van der Waals surface area contributed by atoms with Crippen molar-refractivity contribution in [3.05, 3.63) is 30.1 Å². The van der Waals surface area contributed by atoms with Crippen LogP contribution in [0.4, 0.5) is 4.39 Å². The van der Waals surface area contributed by atoms with E-state index in [2.05, 4.69) is 10.1 Å². The lowest BCUT2D eigenvalue weighted by Crippen LogP contribution is -2.28. The molecule has 0 spiro atoms. The molecule has 0 aliphatic rings. The van der Waals surface area contributed by atoms with Crippen molar-refractivity contribution in [3.8, 4) is 17.4 Å². The number of halogens is 1. The van der Waals surface area contributed by atoms with E-state index < -0.39 is 11.2 Å². The van der Waals surface area contributed by atoms with Crippen LogP contribution in [0.15, 0.2) is 24.3 Å². The van der Waals surface area contributed by atoms with Crippen LogP contribution < -0.4 is 4.74 Å². The minimum Gasteiger partial charge on any atom is -0.460 e.